The van der Waals surface area contributed by atoms with Crippen LogP contribution in [0.5, 0.6) is 0 Å². The van der Waals surface area contributed by atoms with Crippen LogP contribution in [0.25, 0.3) is 10.1 Å². The molecule has 0 saturated carbocycles. The van der Waals surface area contributed by atoms with E-state index in [4.69, 9.17) is 0 Å². The molecule has 0 saturated heterocycles. The molecule has 0 aliphatic rings. The second-order valence-corrected chi connectivity index (χ2v) is 6.18. The highest BCUT2D eigenvalue weighted by atomic mass is 32.1. The summed E-state index contributed by atoms with van der Waals surface area (Å²) in [6.45, 7) is 6.14. The van der Waals surface area contributed by atoms with Gasteiger partial charge >= 0.3 is 0 Å². The first kappa shape index (κ1) is 13.5. The first-order valence-electron chi connectivity index (χ1n) is 6.49. The molecule has 0 aliphatic heterocycles. The van der Waals surface area contributed by atoms with E-state index >= 15 is 0 Å². The molecule has 0 amide bonds. The Kier molecular flexibility index (Phi) is 4.38. The molecule has 3 heteroatoms. The van der Waals surface area contributed by atoms with Crippen molar-refractivity contribution < 1.29 is 5.11 Å². The van der Waals surface area contributed by atoms with Gasteiger partial charge in [0, 0.05) is 21.7 Å². The number of benzene rings is 1. The molecule has 1 aromatic carbocycles. The van der Waals surface area contributed by atoms with Gasteiger partial charge in [-0.05, 0) is 44.7 Å². The van der Waals surface area contributed by atoms with Crippen molar-refractivity contribution in [1.82, 2.24) is 5.32 Å². The number of nitrogens with one attached hydrogen (secondary N) is 1. The van der Waals surface area contributed by atoms with Gasteiger partial charge < -0.3 is 10.4 Å². The smallest absolute Gasteiger partial charge is 0.0526 e. The summed E-state index contributed by atoms with van der Waals surface area (Å²) in [5, 5.41) is 14.2. The van der Waals surface area contributed by atoms with Crippen molar-refractivity contribution in [3.8, 4) is 0 Å². The summed E-state index contributed by atoms with van der Waals surface area (Å²) in [5.41, 5.74) is 0. The van der Waals surface area contributed by atoms with Gasteiger partial charge in [-0.25, -0.2) is 0 Å². The number of hydrogen-bond acceptors (Lipinski definition) is 3. The van der Waals surface area contributed by atoms with Crippen LogP contribution in [0.4, 0.5) is 0 Å². The lowest BCUT2D eigenvalue weighted by molar-refractivity contribution is 0.168. The van der Waals surface area contributed by atoms with Gasteiger partial charge in [0.05, 0.1) is 6.10 Å². The average Bonchev–Trinajstić information content (AvgIpc) is 2.71. The summed E-state index contributed by atoms with van der Waals surface area (Å²) in [4.78, 5) is 1.36. The summed E-state index contributed by atoms with van der Waals surface area (Å²) in [6.07, 6.45) is 0.539. The van der Waals surface area contributed by atoms with E-state index in [2.05, 4.69) is 49.5 Å². The number of hydrogen-bond donors (Lipinski definition) is 2. The Morgan fingerprint density at radius 2 is 1.94 bits per heavy atom. The first-order chi connectivity index (χ1) is 8.56. The van der Waals surface area contributed by atoms with E-state index in [0.29, 0.717) is 12.1 Å². The van der Waals surface area contributed by atoms with E-state index in [0.717, 1.165) is 6.42 Å². The Hall–Kier alpha value is -0.900. The van der Waals surface area contributed by atoms with Gasteiger partial charge in [0.1, 0.15) is 0 Å². The predicted octanol–water partition coefficient (Wildman–Crippen LogP) is 3.71. The molecule has 18 heavy (non-hydrogen) atoms. The molecule has 1 heterocycles. The standard InChI is InChI=1S/C15H21NOS/c1-10(8-11(2)17)16-12(3)15-9-13-6-4-5-7-14(13)18-15/h4-7,9-12,16-17H,8H2,1-3H3. The van der Waals surface area contributed by atoms with E-state index in [1.807, 2.05) is 18.3 Å². The van der Waals surface area contributed by atoms with Crippen LogP contribution in [0, 0.1) is 0 Å². The van der Waals surface area contributed by atoms with Gasteiger partial charge in [-0.2, -0.15) is 0 Å². The third kappa shape index (κ3) is 3.31. The van der Waals surface area contributed by atoms with Crippen LogP contribution >= 0.6 is 11.3 Å². The number of fused-ring (bicyclic) bond motifs is 1. The van der Waals surface area contributed by atoms with Crippen LogP contribution < -0.4 is 5.32 Å². The monoisotopic (exact) mass is 263 g/mol. The highest BCUT2D eigenvalue weighted by Gasteiger charge is 2.13. The normalized spacial score (nSPS) is 16.7. The number of aliphatic hydroxyl groups excluding tert-OH is 1. The molecule has 98 valence electrons. The molecule has 0 radical (unpaired) electrons. The van der Waals surface area contributed by atoms with Crippen LogP contribution in [-0.2, 0) is 0 Å². The molecular formula is C15H21NOS. The van der Waals surface area contributed by atoms with Crippen LogP contribution in [0.2, 0.25) is 0 Å². The fraction of sp³-hybridized carbons (Fsp3) is 0.467. The predicted molar refractivity (Wildman–Crippen MR) is 79.1 cm³/mol. The van der Waals surface area contributed by atoms with E-state index in [1.54, 1.807) is 0 Å². The lowest BCUT2D eigenvalue weighted by Gasteiger charge is -2.20. The molecule has 0 fully saturated rings. The van der Waals surface area contributed by atoms with E-state index in [-0.39, 0.29) is 6.10 Å². The first-order valence-corrected chi connectivity index (χ1v) is 7.30. The molecule has 0 aliphatic carbocycles. The Labute approximate surface area is 113 Å². The molecule has 2 aromatic rings. The summed E-state index contributed by atoms with van der Waals surface area (Å²) >= 11 is 1.84. The highest BCUT2D eigenvalue weighted by Crippen LogP contribution is 2.29. The van der Waals surface area contributed by atoms with Crippen LogP contribution in [0.3, 0.4) is 0 Å². The number of thiophene rings is 1. The van der Waals surface area contributed by atoms with E-state index in [1.165, 1.54) is 15.0 Å². The molecular weight excluding hydrogens is 242 g/mol. The molecule has 3 unspecified atom stereocenters. The molecule has 1 aromatic heterocycles. The van der Waals surface area contributed by atoms with Crippen LogP contribution in [0.1, 0.15) is 38.1 Å². The zero-order valence-electron chi connectivity index (χ0n) is 11.2. The SMILES string of the molecule is CC(O)CC(C)NC(C)c1cc2ccccc2s1. The molecule has 2 N–H and O–H groups in total. The van der Waals surface area contributed by atoms with Gasteiger partial charge in [-0.1, -0.05) is 18.2 Å². The van der Waals surface area contributed by atoms with Crippen molar-refractivity contribution in [2.45, 2.75) is 45.4 Å². The largest absolute Gasteiger partial charge is 0.393 e. The van der Waals surface area contributed by atoms with E-state index in [9.17, 15) is 5.11 Å². The van der Waals surface area contributed by atoms with Gasteiger partial charge in [-0.15, -0.1) is 11.3 Å². The zero-order chi connectivity index (χ0) is 13.1. The molecule has 0 spiro atoms. The fourth-order valence-corrected chi connectivity index (χ4v) is 3.38. The van der Waals surface area contributed by atoms with Crippen molar-refractivity contribution in [3.63, 3.8) is 0 Å². The minimum Gasteiger partial charge on any atom is -0.393 e. The fourth-order valence-electron chi connectivity index (χ4n) is 2.30. The van der Waals surface area contributed by atoms with Crippen molar-refractivity contribution in [1.29, 1.82) is 0 Å². The maximum absolute atomic E-state index is 9.38. The quantitative estimate of drug-likeness (QED) is 0.862. The zero-order valence-corrected chi connectivity index (χ0v) is 12.0. The molecule has 3 atom stereocenters. The number of aliphatic hydroxyl groups is 1. The van der Waals surface area contributed by atoms with Crippen molar-refractivity contribution in [3.05, 3.63) is 35.2 Å². The van der Waals surface area contributed by atoms with Gasteiger partial charge in [0.2, 0.25) is 0 Å². The van der Waals surface area contributed by atoms with Crippen molar-refractivity contribution >= 4 is 21.4 Å². The van der Waals surface area contributed by atoms with Gasteiger partial charge in [0.15, 0.2) is 0 Å². The number of rotatable bonds is 5. The highest BCUT2D eigenvalue weighted by molar-refractivity contribution is 7.19. The average molecular weight is 263 g/mol. The summed E-state index contributed by atoms with van der Waals surface area (Å²) in [7, 11) is 0. The third-order valence-corrected chi connectivity index (χ3v) is 4.40. The second kappa shape index (κ2) is 5.83. The minimum atomic E-state index is -0.248. The Balaban J connectivity index is 2.06. The van der Waals surface area contributed by atoms with Crippen LogP contribution in [0.15, 0.2) is 30.3 Å². The summed E-state index contributed by atoms with van der Waals surface area (Å²) in [6, 6.07) is 11.4. The molecule has 2 nitrogen and oxygen atoms in total. The van der Waals surface area contributed by atoms with Crippen LogP contribution in [-0.4, -0.2) is 17.3 Å². The lowest BCUT2D eigenvalue weighted by Crippen LogP contribution is -2.31. The summed E-state index contributed by atoms with van der Waals surface area (Å²) in [5.74, 6) is 0. The molecule has 2 rings (SSSR count). The topological polar surface area (TPSA) is 32.3 Å². The Morgan fingerprint density at radius 1 is 1.22 bits per heavy atom. The third-order valence-electron chi connectivity index (χ3n) is 3.10. The van der Waals surface area contributed by atoms with Crippen molar-refractivity contribution in [2.24, 2.45) is 0 Å². The maximum atomic E-state index is 9.38. The molecule has 0 bridgehead atoms. The van der Waals surface area contributed by atoms with Gasteiger partial charge in [-0.3, -0.25) is 0 Å². The van der Waals surface area contributed by atoms with Crippen molar-refractivity contribution in [2.75, 3.05) is 0 Å². The lowest BCUT2D eigenvalue weighted by atomic mass is 10.1. The second-order valence-electron chi connectivity index (χ2n) is 5.06. The van der Waals surface area contributed by atoms with E-state index < -0.39 is 0 Å². The Bertz CT molecular complexity index is 473. The maximum Gasteiger partial charge on any atom is 0.0526 e. The minimum absolute atomic E-state index is 0.248. The summed E-state index contributed by atoms with van der Waals surface area (Å²) < 4.78 is 1.34. The van der Waals surface area contributed by atoms with Gasteiger partial charge in [0.25, 0.3) is 0 Å². The Morgan fingerprint density at radius 3 is 2.61 bits per heavy atom.